The van der Waals surface area contributed by atoms with E-state index in [9.17, 15) is 13.6 Å². The monoisotopic (exact) mass is 554 g/mol. The lowest BCUT2D eigenvalue weighted by Gasteiger charge is -2.31. The molecule has 0 spiro atoms. The Bertz CT molecular complexity index is 1690. The number of H-pyrrole nitrogens is 1. The number of amides is 1. The summed E-state index contributed by atoms with van der Waals surface area (Å²) in [7, 11) is 0. The fraction of sp³-hybridized carbons (Fsp3) is 0.226. The topological polar surface area (TPSA) is 96.0 Å². The highest BCUT2D eigenvalue weighted by Crippen LogP contribution is 2.30. The first kappa shape index (κ1) is 26.5. The normalized spacial score (nSPS) is 15.1. The van der Waals surface area contributed by atoms with Crippen LogP contribution < -0.4 is 10.1 Å². The van der Waals surface area contributed by atoms with Crippen LogP contribution in [0, 0.1) is 6.92 Å². The van der Waals surface area contributed by atoms with Gasteiger partial charge in [0.05, 0.1) is 17.4 Å². The standard InChI is InChI=1S/C31H28F2N6O2/c1-20-3-2-4-25(13-20)41-28-8-6-24(18-35-28)36-30(40)29-26-15-22(5-7-27(26)37-38-29)23-14-21(16-34-17-23)19-39-11-9-31(32,33)10-12-39/h2-8,13-18H,9-12,19H2,1H3,(H,36,40)(H,37,38). The molecule has 1 saturated heterocycles. The van der Waals surface area contributed by atoms with Crippen LogP contribution in [0.3, 0.4) is 0 Å². The Kier molecular flexibility index (Phi) is 7.15. The summed E-state index contributed by atoms with van der Waals surface area (Å²) in [6.07, 6.45) is 4.80. The molecule has 6 rings (SSSR count). The van der Waals surface area contributed by atoms with Crippen LogP contribution in [0.5, 0.6) is 11.6 Å². The number of carbonyl (C=O) groups is 1. The zero-order valence-electron chi connectivity index (χ0n) is 22.4. The molecule has 5 aromatic rings. The molecule has 0 atom stereocenters. The number of pyridine rings is 2. The Hall–Kier alpha value is -4.70. The van der Waals surface area contributed by atoms with Crippen LogP contribution in [0.25, 0.3) is 22.0 Å². The number of nitrogens with zero attached hydrogens (tertiary/aromatic N) is 4. The van der Waals surface area contributed by atoms with E-state index in [1.807, 2.05) is 60.4 Å². The zero-order chi connectivity index (χ0) is 28.4. The molecule has 208 valence electrons. The van der Waals surface area contributed by atoms with Crippen molar-refractivity contribution in [3.8, 4) is 22.8 Å². The van der Waals surface area contributed by atoms with Crippen LogP contribution in [0.2, 0.25) is 0 Å². The van der Waals surface area contributed by atoms with Crippen molar-refractivity contribution >= 4 is 22.5 Å². The highest BCUT2D eigenvalue weighted by molar-refractivity contribution is 6.11. The quantitative estimate of drug-likeness (QED) is 0.235. The number of piperidine rings is 1. The second-order valence-electron chi connectivity index (χ2n) is 10.3. The third kappa shape index (κ3) is 6.22. The first-order valence-electron chi connectivity index (χ1n) is 13.4. The second kappa shape index (κ2) is 11.1. The molecule has 1 fully saturated rings. The number of benzene rings is 2. The number of hydrogen-bond acceptors (Lipinski definition) is 6. The lowest BCUT2D eigenvalue weighted by atomic mass is 10.0. The highest BCUT2D eigenvalue weighted by atomic mass is 19.3. The zero-order valence-corrected chi connectivity index (χ0v) is 22.4. The summed E-state index contributed by atoms with van der Waals surface area (Å²) in [5.74, 6) is -1.85. The van der Waals surface area contributed by atoms with Crippen molar-refractivity contribution in [2.45, 2.75) is 32.2 Å². The summed E-state index contributed by atoms with van der Waals surface area (Å²) in [5, 5.41) is 10.7. The number of nitrogens with one attached hydrogen (secondary N) is 2. The maximum atomic E-state index is 13.5. The summed E-state index contributed by atoms with van der Waals surface area (Å²) >= 11 is 0. The number of alkyl halides is 2. The molecule has 2 N–H and O–H groups in total. The predicted octanol–water partition coefficient (Wildman–Crippen LogP) is 6.60. The van der Waals surface area contributed by atoms with E-state index in [1.54, 1.807) is 24.5 Å². The van der Waals surface area contributed by atoms with Gasteiger partial charge in [-0.2, -0.15) is 5.10 Å². The van der Waals surface area contributed by atoms with Gasteiger partial charge in [0.15, 0.2) is 5.69 Å². The average molecular weight is 555 g/mol. The Morgan fingerprint density at radius 1 is 1.02 bits per heavy atom. The van der Waals surface area contributed by atoms with Crippen LogP contribution in [-0.4, -0.2) is 50.0 Å². The van der Waals surface area contributed by atoms with Crippen molar-refractivity contribution in [3.63, 3.8) is 0 Å². The molecular weight excluding hydrogens is 526 g/mol. The van der Waals surface area contributed by atoms with Gasteiger partial charge in [-0.25, -0.2) is 13.8 Å². The van der Waals surface area contributed by atoms with Gasteiger partial charge in [0.1, 0.15) is 5.75 Å². The van der Waals surface area contributed by atoms with Crippen LogP contribution >= 0.6 is 0 Å². The molecule has 3 aromatic heterocycles. The fourth-order valence-electron chi connectivity index (χ4n) is 4.90. The molecule has 1 aliphatic heterocycles. The van der Waals surface area contributed by atoms with Gasteiger partial charge in [0, 0.05) is 61.9 Å². The van der Waals surface area contributed by atoms with Crippen molar-refractivity contribution in [2.75, 3.05) is 18.4 Å². The predicted molar refractivity (Wildman–Crippen MR) is 152 cm³/mol. The Morgan fingerprint density at radius 2 is 1.88 bits per heavy atom. The summed E-state index contributed by atoms with van der Waals surface area (Å²) in [6, 6.07) is 18.8. The maximum absolute atomic E-state index is 13.5. The minimum Gasteiger partial charge on any atom is -0.439 e. The van der Waals surface area contributed by atoms with E-state index < -0.39 is 5.92 Å². The third-order valence-corrected chi connectivity index (χ3v) is 7.11. The summed E-state index contributed by atoms with van der Waals surface area (Å²) < 4.78 is 32.8. The van der Waals surface area contributed by atoms with Crippen LogP contribution in [-0.2, 0) is 6.54 Å². The number of anilines is 1. The van der Waals surface area contributed by atoms with E-state index >= 15 is 0 Å². The fourth-order valence-corrected chi connectivity index (χ4v) is 4.90. The molecule has 0 aliphatic carbocycles. The number of fused-ring (bicyclic) bond motifs is 1. The number of rotatable bonds is 7. The van der Waals surface area contributed by atoms with E-state index in [1.165, 1.54) is 6.20 Å². The highest BCUT2D eigenvalue weighted by Gasteiger charge is 2.33. The molecule has 1 amide bonds. The van der Waals surface area contributed by atoms with Gasteiger partial charge in [0.25, 0.3) is 11.8 Å². The van der Waals surface area contributed by atoms with Crippen molar-refractivity contribution in [1.29, 1.82) is 0 Å². The van der Waals surface area contributed by atoms with Crippen molar-refractivity contribution in [2.24, 2.45) is 0 Å². The van der Waals surface area contributed by atoms with Gasteiger partial charge in [-0.1, -0.05) is 18.2 Å². The molecule has 0 unspecified atom stereocenters. The van der Waals surface area contributed by atoms with Gasteiger partial charge < -0.3 is 10.1 Å². The number of halogens is 2. The number of carbonyl (C=O) groups excluding carboxylic acids is 1. The molecule has 0 saturated carbocycles. The Morgan fingerprint density at radius 3 is 2.66 bits per heavy atom. The lowest BCUT2D eigenvalue weighted by Crippen LogP contribution is -2.38. The number of aryl methyl sites for hydroxylation is 1. The van der Waals surface area contributed by atoms with Crippen molar-refractivity contribution in [3.05, 3.63) is 96.1 Å². The molecule has 41 heavy (non-hydrogen) atoms. The Balaban J connectivity index is 1.16. The molecule has 4 heterocycles. The smallest absolute Gasteiger partial charge is 0.276 e. The Labute approximate surface area is 235 Å². The lowest BCUT2D eigenvalue weighted by molar-refractivity contribution is -0.0566. The van der Waals surface area contributed by atoms with E-state index in [2.05, 4.69) is 25.5 Å². The van der Waals surface area contributed by atoms with E-state index in [0.29, 0.717) is 42.3 Å². The van der Waals surface area contributed by atoms with Gasteiger partial charge in [-0.05, 0) is 60.0 Å². The van der Waals surface area contributed by atoms with Gasteiger partial charge >= 0.3 is 0 Å². The molecule has 2 aromatic carbocycles. The van der Waals surface area contributed by atoms with Gasteiger partial charge in [-0.15, -0.1) is 0 Å². The summed E-state index contributed by atoms with van der Waals surface area (Å²) in [5.41, 5.74) is 5.24. The van der Waals surface area contributed by atoms with Crippen LogP contribution in [0.4, 0.5) is 14.5 Å². The maximum Gasteiger partial charge on any atom is 0.276 e. The number of hydrogen-bond donors (Lipinski definition) is 2. The molecule has 0 radical (unpaired) electrons. The largest absolute Gasteiger partial charge is 0.439 e. The van der Waals surface area contributed by atoms with E-state index in [4.69, 9.17) is 4.74 Å². The summed E-state index contributed by atoms with van der Waals surface area (Å²) in [4.78, 5) is 23.8. The third-order valence-electron chi connectivity index (χ3n) is 7.11. The number of aromatic amines is 1. The van der Waals surface area contributed by atoms with Gasteiger partial charge in [0.2, 0.25) is 5.88 Å². The molecular formula is C31H28F2N6O2. The molecule has 0 bridgehead atoms. The molecule has 1 aliphatic rings. The number of aromatic nitrogens is 4. The minimum atomic E-state index is -2.57. The van der Waals surface area contributed by atoms with E-state index in [-0.39, 0.29) is 24.4 Å². The number of ether oxygens (including phenoxy) is 1. The minimum absolute atomic E-state index is 0.122. The first-order chi connectivity index (χ1) is 19.8. The average Bonchev–Trinajstić information content (AvgIpc) is 3.39. The van der Waals surface area contributed by atoms with E-state index in [0.717, 1.165) is 27.8 Å². The van der Waals surface area contributed by atoms with Crippen LogP contribution in [0.15, 0.2) is 79.3 Å². The SMILES string of the molecule is Cc1cccc(Oc2ccc(NC(=O)c3n[nH]c4ccc(-c5cncc(CN6CCC(F)(F)CC6)c5)cc34)cn2)c1. The number of likely N-dealkylation sites (tertiary alicyclic amines) is 1. The summed E-state index contributed by atoms with van der Waals surface area (Å²) in [6.45, 7) is 3.25. The van der Waals surface area contributed by atoms with Crippen LogP contribution in [0.1, 0.15) is 34.5 Å². The van der Waals surface area contributed by atoms with Crippen molar-refractivity contribution in [1.82, 2.24) is 25.1 Å². The molecule has 8 nitrogen and oxygen atoms in total. The molecule has 10 heteroatoms. The van der Waals surface area contributed by atoms with Gasteiger partial charge in [-0.3, -0.25) is 19.8 Å². The van der Waals surface area contributed by atoms with Crippen molar-refractivity contribution < 1.29 is 18.3 Å². The second-order valence-corrected chi connectivity index (χ2v) is 10.3. The first-order valence-corrected chi connectivity index (χ1v) is 13.4.